The van der Waals surface area contributed by atoms with Gasteiger partial charge in [-0.15, -0.1) is 0 Å². The molecule has 0 radical (unpaired) electrons. The van der Waals surface area contributed by atoms with Crippen LogP contribution in [0, 0.1) is 5.82 Å². The SMILES string of the molecule is Cn1c(-c2ccc(F)cc2)cn2cc(C(=O)NCC3=CCCCC3)nc2c1=O. The Kier molecular flexibility index (Phi) is 4.81. The molecule has 1 aliphatic carbocycles. The fourth-order valence-corrected chi connectivity index (χ4v) is 3.48. The van der Waals surface area contributed by atoms with Crippen LogP contribution in [-0.4, -0.2) is 26.4 Å². The Labute approximate surface area is 161 Å². The molecule has 0 fully saturated rings. The molecule has 0 bridgehead atoms. The van der Waals surface area contributed by atoms with Crippen LogP contribution in [0.25, 0.3) is 16.9 Å². The molecular formula is C21H21FN4O2. The van der Waals surface area contributed by atoms with Crippen LogP contribution in [0.1, 0.15) is 36.2 Å². The standard InChI is InChI=1S/C21H21FN4O2/c1-25-18(15-7-9-16(22)10-8-15)13-26-12-17(24-19(26)21(25)28)20(27)23-11-14-5-3-2-4-6-14/h5,7-10,12-13H,2-4,6,11H2,1H3,(H,23,27). The van der Waals surface area contributed by atoms with Gasteiger partial charge in [0.1, 0.15) is 11.5 Å². The van der Waals surface area contributed by atoms with Crippen LogP contribution in [0.5, 0.6) is 0 Å². The molecular weight excluding hydrogens is 359 g/mol. The molecule has 3 aromatic rings. The Balaban J connectivity index is 1.64. The molecule has 7 heteroatoms. The Hall–Kier alpha value is -3.22. The van der Waals surface area contributed by atoms with Crippen LogP contribution in [0.4, 0.5) is 4.39 Å². The third-order valence-electron chi connectivity index (χ3n) is 5.08. The first-order chi connectivity index (χ1) is 13.5. The first-order valence-corrected chi connectivity index (χ1v) is 9.34. The zero-order valence-electron chi connectivity index (χ0n) is 15.6. The van der Waals surface area contributed by atoms with E-state index in [4.69, 9.17) is 0 Å². The molecule has 0 saturated carbocycles. The van der Waals surface area contributed by atoms with Gasteiger partial charge in [-0.1, -0.05) is 11.6 Å². The number of imidazole rings is 1. The average molecular weight is 380 g/mol. The summed E-state index contributed by atoms with van der Waals surface area (Å²) >= 11 is 0. The number of nitrogens with zero attached hydrogens (tertiary/aromatic N) is 3. The second-order valence-corrected chi connectivity index (χ2v) is 7.03. The molecule has 144 valence electrons. The van der Waals surface area contributed by atoms with Crippen molar-refractivity contribution in [2.24, 2.45) is 7.05 Å². The van der Waals surface area contributed by atoms with Crippen molar-refractivity contribution in [2.45, 2.75) is 25.7 Å². The van der Waals surface area contributed by atoms with Gasteiger partial charge in [-0.3, -0.25) is 14.0 Å². The Morgan fingerprint density at radius 1 is 1.21 bits per heavy atom. The van der Waals surface area contributed by atoms with Crippen LogP contribution >= 0.6 is 0 Å². The lowest BCUT2D eigenvalue weighted by Crippen LogP contribution is -2.26. The number of aromatic nitrogens is 3. The van der Waals surface area contributed by atoms with E-state index < -0.39 is 0 Å². The van der Waals surface area contributed by atoms with Crippen LogP contribution in [-0.2, 0) is 7.05 Å². The predicted octanol–water partition coefficient (Wildman–Crippen LogP) is 3.07. The molecule has 1 aromatic carbocycles. The summed E-state index contributed by atoms with van der Waals surface area (Å²) in [4.78, 5) is 29.4. The number of hydrogen-bond donors (Lipinski definition) is 1. The molecule has 0 aliphatic heterocycles. The number of hydrogen-bond acceptors (Lipinski definition) is 3. The van der Waals surface area contributed by atoms with E-state index in [1.54, 1.807) is 36.0 Å². The quantitative estimate of drug-likeness (QED) is 0.708. The summed E-state index contributed by atoms with van der Waals surface area (Å²) in [7, 11) is 1.63. The number of carbonyl (C=O) groups is 1. The van der Waals surface area contributed by atoms with Gasteiger partial charge >= 0.3 is 0 Å². The van der Waals surface area contributed by atoms with Crippen molar-refractivity contribution in [1.29, 1.82) is 0 Å². The third-order valence-corrected chi connectivity index (χ3v) is 5.08. The van der Waals surface area contributed by atoms with Crippen molar-refractivity contribution in [3.63, 3.8) is 0 Å². The van der Waals surface area contributed by atoms with Crippen LogP contribution in [0.2, 0.25) is 0 Å². The van der Waals surface area contributed by atoms with Crippen molar-refractivity contribution in [1.82, 2.24) is 19.3 Å². The molecule has 0 saturated heterocycles. The number of halogens is 1. The summed E-state index contributed by atoms with van der Waals surface area (Å²) in [5.74, 6) is -0.648. The number of benzene rings is 1. The van der Waals surface area contributed by atoms with E-state index >= 15 is 0 Å². The van der Waals surface area contributed by atoms with E-state index in [9.17, 15) is 14.0 Å². The Morgan fingerprint density at radius 3 is 2.71 bits per heavy atom. The summed E-state index contributed by atoms with van der Waals surface area (Å²) in [5.41, 5.74) is 2.59. The maximum Gasteiger partial charge on any atom is 0.294 e. The van der Waals surface area contributed by atoms with Crippen LogP contribution in [0.3, 0.4) is 0 Å². The topological polar surface area (TPSA) is 68.4 Å². The highest BCUT2D eigenvalue weighted by atomic mass is 19.1. The van der Waals surface area contributed by atoms with Crippen molar-refractivity contribution in [2.75, 3.05) is 6.54 Å². The van der Waals surface area contributed by atoms with Gasteiger partial charge in [-0.2, -0.15) is 0 Å². The third kappa shape index (κ3) is 3.47. The maximum atomic E-state index is 13.2. The van der Waals surface area contributed by atoms with E-state index in [0.29, 0.717) is 17.8 Å². The summed E-state index contributed by atoms with van der Waals surface area (Å²) in [5, 5.41) is 2.88. The minimum atomic E-state index is -0.343. The summed E-state index contributed by atoms with van der Waals surface area (Å²) in [6, 6.07) is 5.91. The molecule has 1 amide bonds. The van der Waals surface area contributed by atoms with Crippen molar-refractivity contribution < 1.29 is 9.18 Å². The van der Waals surface area contributed by atoms with Gasteiger partial charge in [0.2, 0.25) is 5.65 Å². The molecule has 1 N–H and O–H groups in total. The Bertz CT molecular complexity index is 1130. The van der Waals surface area contributed by atoms with Crippen LogP contribution in [0.15, 0.2) is 53.1 Å². The zero-order chi connectivity index (χ0) is 19.7. The molecule has 6 nitrogen and oxygen atoms in total. The van der Waals surface area contributed by atoms with Crippen LogP contribution < -0.4 is 10.9 Å². The second kappa shape index (κ2) is 7.42. The number of nitrogens with one attached hydrogen (secondary N) is 1. The molecule has 2 heterocycles. The van der Waals surface area contributed by atoms with Crippen molar-refractivity contribution >= 4 is 11.6 Å². The lowest BCUT2D eigenvalue weighted by molar-refractivity contribution is 0.0952. The summed E-state index contributed by atoms with van der Waals surface area (Å²) in [6.07, 6.45) is 9.86. The Morgan fingerprint density at radius 2 is 2.00 bits per heavy atom. The minimum absolute atomic E-state index is 0.176. The van der Waals surface area contributed by atoms with Crippen molar-refractivity contribution in [3.05, 3.63) is 70.2 Å². The molecule has 2 aromatic heterocycles. The lowest BCUT2D eigenvalue weighted by atomic mass is 10.00. The van der Waals surface area contributed by atoms with Gasteiger partial charge < -0.3 is 9.88 Å². The van der Waals surface area contributed by atoms with Gasteiger partial charge in [-0.05, 0) is 55.5 Å². The number of rotatable bonds is 4. The fourth-order valence-electron chi connectivity index (χ4n) is 3.48. The number of allylic oxidation sites excluding steroid dienone is 1. The number of amides is 1. The smallest absolute Gasteiger partial charge is 0.294 e. The molecule has 28 heavy (non-hydrogen) atoms. The van der Waals surface area contributed by atoms with Gasteiger partial charge in [0.05, 0.1) is 5.69 Å². The molecule has 0 spiro atoms. The van der Waals surface area contributed by atoms with Gasteiger partial charge in [0.25, 0.3) is 11.5 Å². The van der Waals surface area contributed by atoms with Gasteiger partial charge in [0, 0.05) is 26.0 Å². The second-order valence-electron chi connectivity index (χ2n) is 7.03. The highest BCUT2D eigenvalue weighted by Crippen LogP contribution is 2.19. The number of carbonyl (C=O) groups excluding carboxylic acids is 1. The first kappa shape index (κ1) is 18.2. The van der Waals surface area contributed by atoms with Gasteiger partial charge in [0.15, 0.2) is 0 Å². The highest BCUT2D eigenvalue weighted by Gasteiger charge is 2.16. The predicted molar refractivity (Wildman–Crippen MR) is 105 cm³/mol. The average Bonchev–Trinajstić information content (AvgIpc) is 3.15. The van der Waals surface area contributed by atoms with E-state index in [0.717, 1.165) is 19.3 Å². The minimum Gasteiger partial charge on any atom is -0.347 e. The summed E-state index contributed by atoms with van der Waals surface area (Å²) in [6.45, 7) is 0.506. The largest absolute Gasteiger partial charge is 0.347 e. The molecule has 0 unspecified atom stereocenters. The molecule has 0 atom stereocenters. The fraction of sp³-hybridized carbons (Fsp3) is 0.286. The van der Waals surface area contributed by atoms with Crippen molar-refractivity contribution in [3.8, 4) is 11.3 Å². The van der Waals surface area contributed by atoms with Gasteiger partial charge in [-0.25, -0.2) is 9.37 Å². The molecule has 1 aliphatic rings. The zero-order valence-corrected chi connectivity index (χ0v) is 15.6. The maximum absolute atomic E-state index is 13.2. The lowest BCUT2D eigenvalue weighted by Gasteiger charge is -2.12. The number of fused-ring (bicyclic) bond motifs is 1. The van der Waals surface area contributed by atoms with E-state index in [2.05, 4.69) is 16.4 Å². The van der Waals surface area contributed by atoms with E-state index in [-0.39, 0.29) is 28.6 Å². The summed E-state index contributed by atoms with van der Waals surface area (Å²) < 4.78 is 16.2. The monoisotopic (exact) mass is 380 g/mol. The highest BCUT2D eigenvalue weighted by molar-refractivity contribution is 5.93. The van der Waals surface area contributed by atoms with E-state index in [1.807, 2.05) is 0 Å². The van der Waals surface area contributed by atoms with E-state index in [1.165, 1.54) is 28.7 Å². The molecule has 4 rings (SSSR count). The normalized spacial score (nSPS) is 14.1. The first-order valence-electron chi connectivity index (χ1n) is 9.34.